The normalized spacial score (nSPS) is 14.9. The first-order chi connectivity index (χ1) is 16.1. The molecule has 1 amide bonds. The zero-order valence-electron chi connectivity index (χ0n) is 18.3. The first-order valence-electron chi connectivity index (χ1n) is 10.5. The van der Waals surface area contributed by atoms with Crippen molar-refractivity contribution in [3.8, 4) is 28.5 Å². The number of nitrogens with zero attached hydrogens (tertiary/aromatic N) is 2. The van der Waals surface area contributed by atoms with E-state index < -0.39 is 6.04 Å². The number of phenolic OH excluding ortho intramolecular Hbond substituents is 1. The molecular weight excluding hydrogens is 418 g/mol. The van der Waals surface area contributed by atoms with Gasteiger partial charge in [0, 0.05) is 17.7 Å². The van der Waals surface area contributed by atoms with Crippen LogP contribution < -0.4 is 9.47 Å². The second-order valence-corrected chi connectivity index (χ2v) is 7.84. The van der Waals surface area contributed by atoms with Crippen molar-refractivity contribution in [3.63, 3.8) is 0 Å². The fourth-order valence-electron chi connectivity index (χ4n) is 4.32. The van der Waals surface area contributed by atoms with Gasteiger partial charge in [0.05, 0.1) is 26.0 Å². The molecule has 0 spiro atoms. The molecule has 4 aromatic rings. The summed E-state index contributed by atoms with van der Waals surface area (Å²) in [6, 6.07) is 22.2. The third-order valence-corrected chi connectivity index (χ3v) is 5.94. The van der Waals surface area contributed by atoms with Crippen molar-refractivity contribution in [3.05, 3.63) is 95.2 Å². The Morgan fingerprint density at radius 1 is 1.00 bits per heavy atom. The molecule has 2 N–H and O–H groups in total. The van der Waals surface area contributed by atoms with Crippen molar-refractivity contribution < 1.29 is 19.4 Å². The van der Waals surface area contributed by atoms with Crippen molar-refractivity contribution in [2.45, 2.75) is 12.6 Å². The van der Waals surface area contributed by atoms with Crippen LogP contribution in [0.4, 0.5) is 0 Å². The van der Waals surface area contributed by atoms with E-state index in [-0.39, 0.29) is 11.7 Å². The van der Waals surface area contributed by atoms with Crippen LogP contribution in [0, 0.1) is 0 Å². The predicted octanol–water partition coefficient (Wildman–Crippen LogP) is 4.54. The Labute approximate surface area is 191 Å². The Balaban J connectivity index is 1.65. The number of carbonyl (C=O) groups is 1. The molecule has 33 heavy (non-hydrogen) atoms. The molecule has 0 radical (unpaired) electrons. The number of nitrogens with one attached hydrogen (secondary N) is 1. The van der Waals surface area contributed by atoms with Gasteiger partial charge in [0.1, 0.15) is 11.4 Å². The van der Waals surface area contributed by atoms with Crippen molar-refractivity contribution >= 4 is 5.91 Å². The Kier molecular flexibility index (Phi) is 5.22. The van der Waals surface area contributed by atoms with Crippen LogP contribution in [0.5, 0.6) is 17.2 Å². The van der Waals surface area contributed by atoms with Gasteiger partial charge in [0.25, 0.3) is 5.91 Å². The molecule has 1 atom stereocenters. The molecule has 7 nitrogen and oxygen atoms in total. The van der Waals surface area contributed by atoms with E-state index in [9.17, 15) is 9.90 Å². The van der Waals surface area contributed by atoms with Crippen LogP contribution in [-0.2, 0) is 6.54 Å². The SMILES string of the molecule is COc1ccc(-c2n[nH]c3c2[C@@H](c2ccc(O)c(OC)c2)N(Cc2ccccc2)C3=O)cc1. The molecule has 0 saturated heterocycles. The largest absolute Gasteiger partial charge is 0.504 e. The van der Waals surface area contributed by atoms with Gasteiger partial charge in [0.15, 0.2) is 11.5 Å². The molecule has 0 saturated carbocycles. The topological polar surface area (TPSA) is 87.7 Å². The summed E-state index contributed by atoms with van der Waals surface area (Å²) in [5, 5.41) is 17.6. The molecule has 5 rings (SSSR count). The summed E-state index contributed by atoms with van der Waals surface area (Å²) in [6.07, 6.45) is 0. The maximum atomic E-state index is 13.5. The van der Waals surface area contributed by atoms with Gasteiger partial charge >= 0.3 is 0 Å². The Morgan fingerprint density at radius 3 is 2.45 bits per heavy atom. The van der Waals surface area contributed by atoms with Crippen LogP contribution in [0.1, 0.15) is 33.2 Å². The maximum absolute atomic E-state index is 13.5. The van der Waals surface area contributed by atoms with Gasteiger partial charge in [-0.1, -0.05) is 36.4 Å². The smallest absolute Gasteiger partial charge is 0.273 e. The maximum Gasteiger partial charge on any atom is 0.273 e. The lowest BCUT2D eigenvalue weighted by atomic mass is 9.95. The minimum absolute atomic E-state index is 0.0444. The summed E-state index contributed by atoms with van der Waals surface area (Å²) >= 11 is 0. The van der Waals surface area contributed by atoms with Gasteiger partial charge in [-0.05, 0) is 47.5 Å². The van der Waals surface area contributed by atoms with Gasteiger partial charge < -0.3 is 19.5 Å². The number of fused-ring (bicyclic) bond motifs is 1. The van der Waals surface area contributed by atoms with Crippen LogP contribution in [0.2, 0.25) is 0 Å². The first kappa shape index (κ1) is 20.6. The fourth-order valence-corrected chi connectivity index (χ4v) is 4.32. The molecule has 0 bridgehead atoms. The van der Waals surface area contributed by atoms with E-state index in [0.717, 1.165) is 28.0 Å². The summed E-state index contributed by atoms with van der Waals surface area (Å²) < 4.78 is 10.6. The van der Waals surface area contributed by atoms with Crippen LogP contribution in [0.25, 0.3) is 11.3 Å². The molecule has 0 aliphatic carbocycles. The average molecular weight is 441 g/mol. The number of rotatable bonds is 6. The molecule has 3 aromatic carbocycles. The minimum atomic E-state index is -0.405. The number of ether oxygens (including phenoxy) is 2. The number of carbonyl (C=O) groups excluding carboxylic acids is 1. The monoisotopic (exact) mass is 441 g/mol. The highest BCUT2D eigenvalue weighted by molar-refractivity contribution is 6.00. The summed E-state index contributed by atoms with van der Waals surface area (Å²) in [5.41, 5.74) is 4.68. The lowest BCUT2D eigenvalue weighted by Crippen LogP contribution is -2.29. The number of phenols is 1. The van der Waals surface area contributed by atoms with Gasteiger partial charge in [-0.15, -0.1) is 0 Å². The molecule has 2 heterocycles. The van der Waals surface area contributed by atoms with Crippen molar-refractivity contribution in [2.24, 2.45) is 0 Å². The molecule has 0 unspecified atom stereocenters. The fraction of sp³-hybridized carbons (Fsp3) is 0.154. The number of aromatic nitrogens is 2. The molecular formula is C26H23N3O4. The van der Waals surface area contributed by atoms with E-state index in [4.69, 9.17) is 9.47 Å². The quantitative estimate of drug-likeness (QED) is 0.459. The van der Waals surface area contributed by atoms with Crippen LogP contribution in [0.15, 0.2) is 72.8 Å². The van der Waals surface area contributed by atoms with Crippen molar-refractivity contribution in [2.75, 3.05) is 14.2 Å². The van der Waals surface area contributed by atoms with Gasteiger partial charge in [-0.25, -0.2) is 0 Å². The highest BCUT2D eigenvalue weighted by Crippen LogP contribution is 2.45. The molecule has 1 aliphatic heterocycles. The first-order valence-corrected chi connectivity index (χ1v) is 10.5. The van der Waals surface area contributed by atoms with E-state index in [1.165, 1.54) is 7.11 Å². The standard InChI is InChI=1S/C26H23N3O4/c1-32-19-11-8-17(9-12-19)23-22-24(28-27-23)26(31)29(15-16-6-4-3-5-7-16)25(22)18-10-13-20(30)21(14-18)33-2/h3-14,25,30H,15H2,1-2H3,(H,27,28)/t25-/m1/s1. The third-order valence-electron chi connectivity index (χ3n) is 5.94. The van der Waals surface area contributed by atoms with Crippen molar-refractivity contribution in [1.29, 1.82) is 0 Å². The minimum Gasteiger partial charge on any atom is -0.504 e. The number of methoxy groups -OCH3 is 2. The molecule has 166 valence electrons. The third kappa shape index (κ3) is 3.57. The highest BCUT2D eigenvalue weighted by Gasteiger charge is 2.42. The van der Waals surface area contributed by atoms with Crippen LogP contribution in [0.3, 0.4) is 0 Å². The Bertz CT molecular complexity index is 1300. The summed E-state index contributed by atoms with van der Waals surface area (Å²) in [6.45, 7) is 0.429. The number of hydrogen-bond donors (Lipinski definition) is 2. The van der Waals surface area contributed by atoms with Crippen molar-refractivity contribution in [1.82, 2.24) is 15.1 Å². The summed E-state index contributed by atoms with van der Waals surface area (Å²) in [5.74, 6) is 1.01. The van der Waals surface area contributed by atoms with E-state index in [2.05, 4.69) is 10.2 Å². The molecule has 1 aromatic heterocycles. The second-order valence-electron chi connectivity index (χ2n) is 7.84. The van der Waals surface area contributed by atoms with E-state index in [0.29, 0.717) is 23.7 Å². The van der Waals surface area contributed by atoms with Crippen LogP contribution in [-0.4, -0.2) is 40.3 Å². The van der Waals surface area contributed by atoms with E-state index in [1.807, 2.05) is 65.6 Å². The lowest BCUT2D eigenvalue weighted by molar-refractivity contribution is 0.0730. The molecule has 7 heteroatoms. The lowest BCUT2D eigenvalue weighted by Gasteiger charge is -2.27. The molecule has 1 aliphatic rings. The highest BCUT2D eigenvalue weighted by atomic mass is 16.5. The van der Waals surface area contributed by atoms with Gasteiger partial charge in [-0.3, -0.25) is 9.89 Å². The predicted molar refractivity (Wildman–Crippen MR) is 123 cm³/mol. The van der Waals surface area contributed by atoms with Crippen LogP contribution >= 0.6 is 0 Å². The zero-order chi connectivity index (χ0) is 22.9. The summed E-state index contributed by atoms with van der Waals surface area (Å²) in [4.78, 5) is 15.3. The second kappa shape index (κ2) is 8.35. The number of H-pyrrole nitrogens is 1. The number of benzene rings is 3. The van der Waals surface area contributed by atoms with Gasteiger partial charge in [-0.2, -0.15) is 5.10 Å². The number of amides is 1. The Morgan fingerprint density at radius 2 is 1.76 bits per heavy atom. The number of aromatic hydroxyl groups is 1. The number of aromatic amines is 1. The van der Waals surface area contributed by atoms with E-state index >= 15 is 0 Å². The molecule has 0 fully saturated rings. The number of hydrogen-bond acceptors (Lipinski definition) is 5. The van der Waals surface area contributed by atoms with Gasteiger partial charge in [0.2, 0.25) is 0 Å². The summed E-state index contributed by atoms with van der Waals surface area (Å²) in [7, 11) is 3.13. The average Bonchev–Trinajstić information content (AvgIpc) is 3.39. The zero-order valence-corrected chi connectivity index (χ0v) is 18.3. The Hall–Kier alpha value is -4.26. The van der Waals surface area contributed by atoms with E-state index in [1.54, 1.807) is 19.2 Å².